The van der Waals surface area contributed by atoms with E-state index >= 15 is 0 Å². The second-order valence-corrected chi connectivity index (χ2v) is 7.15. The number of nitrogens with one attached hydrogen (secondary N) is 1. The molecule has 0 spiro atoms. The summed E-state index contributed by atoms with van der Waals surface area (Å²) in [6, 6.07) is 9.30. The van der Waals surface area contributed by atoms with Crippen molar-refractivity contribution in [1.29, 1.82) is 0 Å². The molecular formula is C20H27ClN4. The molecule has 1 fully saturated rings. The van der Waals surface area contributed by atoms with Gasteiger partial charge in [0.05, 0.1) is 0 Å². The number of rotatable bonds is 3. The van der Waals surface area contributed by atoms with Gasteiger partial charge in [-0.25, -0.2) is 4.98 Å². The van der Waals surface area contributed by atoms with Crippen LogP contribution in [0.2, 0.25) is 0 Å². The summed E-state index contributed by atoms with van der Waals surface area (Å²) in [6.45, 7) is 6.20. The molecule has 25 heavy (non-hydrogen) atoms. The van der Waals surface area contributed by atoms with E-state index in [-0.39, 0.29) is 12.4 Å². The SMILES string of the molecule is Cc1nc(NC2CCCC2)nc(N2CCc3ccccc3C2)c1C.Cl. The molecule has 2 aromatic rings. The van der Waals surface area contributed by atoms with E-state index in [1.54, 1.807) is 0 Å². The summed E-state index contributed by atoms with van der Waals surface area (Å²) < 4.78 is 0. The molecule has 0 radical (unpaired) electrons. The first-order valence-corrected chi connectivity index (χ1v) is 9.14. The van der Waals surface area contributed by atoms with Crippen LogP contribution in [0.25, 0.3) is 0 Å². The van der Waals surface area contributed by atoms with Crippen LogP contribution in [-0.2, 0) is 13.0 Å². The fourth-order valence-corrected chi connectivity index (χ4v) is 3.92. The highest BCUT2D eigenvalue weighted by atomic mass is 35.5. The lowest BCUT2D eigenvalue weighted by molar-refractivity contribution is 0.708. The van der Waals surface area contributed by atoms with Crippen LogP contribution in [0.4, 0.5) is 11.8 Å². The van der Waals surface area contributed by atoms with Gasteiger partial charge in [-0.15, -0.1) is 12.4 Å². The molecule has 1 N–H and O–H groups in total. The normalized spacial score (nSPS) is 17.1. The molecule has 2 aliphatic rings. The Labute approximate surface area is 156 Å². The molecule has 4 nitrogen and oxygen atoms in total. The molecule has 4 rings (SSSR count). The molecule has 134 valence electrons. The van der Waals surface area contributed by atoms with Gasteiger partial charge in [0.25, 0.3) is 0 Å². The zero-order valence-electron chi connectivity index (χ0n) is 15.1. The van der Waals surface area contributed by atoms with Gasteiger partial charge < -0.3 is 10.2 Å². The van der Waals surface area contributed by atoms with E-state index < -0.39 is 0 Å². The minimum absolute atomic E-state index is 0. The van der Waals surface area contributed by atoms with Crippen LogP contribution in [0, 0.1) is 13.8 Å². The Morgan fingerprint density at radius 1 is 1.04 bits per heavy atom. The lowest BCUT2D eigenvalue weighted by Crippen LogP contribution is -2.32. The van der Waals surface area contributed by atoms with E-state index in [4.69, 9.17) is 4.98 Å². The number of halogens is 1. The fraction of sp³-hybridized carbons (Fsp3) is 0.500. The highest BCUT2D eigenvalue weighted by molar-refractivity contribution is 5.85. The van der Waals surface area contributed by atoms with E-state index in [2.05, 4.69) is 53.3 Å². The van der Waals surface area contributed by atoms with Crippen LogP contribution in [-0.4, -0.2) is 22.6 Å². The van der Waals surface area contributed by atoms with Gasteiger partial charge in [0.1, 0.15) is 5.82 Å². The molecule has 0 atom stereocenters. The third-order valence-electron chi connectivity index (χ3n) is 5.48. The summed E-state index contributed by atoms with van der Waals surface area (Å²) in [5, 5.41) is 3.56. The quantitative estimate of drug-likeness (QED) is 0.881. The molecule has 5 heteroatoms. The van der Waals surface area contributed by atoms with Crippen LogP contribution in [0.1, 0.15) is 48.1 Å². The van der Waals surface area contributed by atoms with E-state index in [1.165, 1.54) is 42.4 Å². The highest BCUT2D eigenvalue weighted by Gasteiger charge is 2.22. The molecular weight excluding hydrogens is 332 g/mol. The van der Waals surface area contributed by atoms with Crippen molar-refractivity contribution in [3.05, 3.63) is 46.6 Å². The number of nitrogens with zero attached hydrogens (tertiary/aromatic N) is 3. The van der Waals surface area contributed by atoms with Crippen molar-refractivity contribution in [3.8, 4) is 0 Å². The number of benzene rings is 1. The van der Waals surface area contributed by atoms with Crippen LogP contribution in [0.5, 0.6) is 0 Å². The smallest absolute Gasteiger partial charge is 0.225 e. The van der Waals surface area contributed by atoms with E-state index in [0.717, 1.165) is 37.0 Å². The van der Waals surface area contributed by atoms with Gasteiger partial charge in [0, 0.05) is 30.4 Å². The number of aryl methyl sites for hydroxylation is 1. The Kier molecular flexibility index (Phi) is 5.48. The summed E-state index contributed by atoms with van der Waals surface area (Å²) >= 11 is 0. The van der Waals surface area contributed by atoms with Crippen molar-refractivity contribution in [2.75, 3.05) is 16.8 Å². The first kappa shape index (κ1) is 18.0. The number of hydrogen-bond acceptors (Lipinski definition) is 4. The third kappa shape index (κ3) is 3.74. The molecule has 2 heterocycles. The van der Waals surface area contributed by atoms with Crippen LogP contribution in [0.3, 0.4) is 0 Å². The standard InChI is InChI=1S/C20H26N4.ClH/c1-14-15(2)21-20(22-18-9-5-6-10-18)23-19(14)24-12-11-16-7-3-4-8-17(16)13-24;/h3-4,7-8,18H,5-6,9-13H2,1-2H3,(H,21,22,23);1H. The predicted octanol–water partition coefficient (Wildman–Crippen LogP) is 4.43. The summed E-state index contributed by atoms with van der Waals surface area (Å²) in [5.41, 5.74) is 5.18. The molecule has 0 saturated heterocycles. The Morgan fingerprint density at radius 2 is 1.76 bits per heavy atom. The molecule has 1 saturated carbocycles. The Balaban J connectivity index is 0.00000182. The van der Waals surface area contributed by atoms with Crippen molar-refractivity contribution < 1.29 is 0 Å². The maximum absolute atomic E-state index is 4.90. The minimum atomic E-state index is 0. The van der Waals surface area contributed by atoms with E-state index in [1.807, 2.05) is 0 Å². The summed E-state index contributed by atoms with van der Waals surface area (Å²) in [7, 11) is 0. The molecule has 0 amide bonds. The van der Waals surface area contributed by atoms with E-state index in [9.17, 15) is 0 Å². The second-order valence-electron chi connectivity index (χ2n) is 7.15. The van der Waals surface area contributed by atoms with Gasteiger partial charge in [-0.1, -0.05) is 37.1 Å². The Morgan fingerprint density at radius 3 is 2.52 bits per heavy atom. The highest BCUT2D eigenvalue weighted by Crippen LogP contribution is 2.28. The van der Waals surface area contributed by atoms with Gasteiger partial charge in [-0.3, -0.25) is 0 Å². The van der Waals surface area contributed by atoms with E-state index in [0.29, 0.717) is 6.04 Å². The van der Waals surface area contributed by atoms with Gasteiger partial charge in [-0.05, 0) is 44.2 Å². The number of hydrogen-bond donors (Lipinski definition) is 1. The molecule has 1 aliphatic heterocycles. The average Bonchev–Trinajstić information content (AvgIpc) is 3.10. The van der Waals surface area contributed by atoms with Crippen molar-refractivity contribution in [1.82, 2.24) is 9.97 Å². The molecule has 1 aromatic heterocycles. The molecule has 0 unspecified atom stereocenters. The van der Waals surface area contributed by atoms with Crippen LogP contribution in [0.15, 0.2) is 24.3 Å². The van der Waals surface area contributed by atoms with Crippen molar-refractivity contribution in [2.24, 2.45) is 0 Å². The first-order chi connectivity index (χ1) is 11.7. The summed E-state index contributed by atoms with van der Waals surface area (Å²) in [4.78, 5) is 12.0. The minimum Gasteiger partial charge on any atom is -0.352 e. The second kappa shape index (κ2) is 7.61. The lowest BCUT2D eigenvalue weighted by Gasteiger charge is -2.31. The van der Waals surface area contributed by atoms with Gasteiger partial charge in [0.15, 0.2) is 0 Å². The zero-order valence-corrected chi connectivity index (χ0v) is 15.9. The largest absolute Gasteiger partial charge is 0.352 e. The third-order valence-corrected chi connectivity index (χ3v) is 5.48. The lowest BCUT2D eigenvalue weighted by atomic mass is 9.99. The van der Waals surface area contributed by atoms with Gasteiger partial charge >= 0.3 is 0 Å². The topological polar surface area (TPSA) is 41.1 Å². The van der Waals surface area contributed by atoms with Crippen LogP contribution < -0.4 is 10.2 Å². The molecule has 1 aliphatic carbocycles. The van der Waals surface area contributed by atoms with Crippen molar-refractivity contribution >= 4 is 24.2 Å². The fourth-order valence-electron chi connectivity index (χ4n) is 3.92. The molecule has 1 aromatic carbocycles. The maximum Gasteiger partial charge on any atom is 0.225 e. The summed E-state index contributed by atoms with van der Waals surface area (Å²) in [5.74, 6) is 1.90. The van der Waals surface area contributed by atoms with Crippen molar-refractivity contribution in [3.63, 3.8) is 0 Å². The van der Waals surface area contributed by atoms with Crippen molar-refractivity contribution in [2.45, 2.75) is 58.5 Å². The Bertz CT molecular complexity index is 740. The van der Waals surface area contributed by atoms with Gasteiger partial charge in [-0.2, -0.15) is 4.98 Å². The first-order valence-electron chi connectivity index (χ1n) is 9.14. The predicted molar refractivity (Wildman–Crippen MR) is 106 cm³/mol. The maximum atomic E-state index is 4.90. The Hall–Kier alpha value is -1.81. The number of aromatic nitrogens is 2. The molecule has 0 bridgehead atoms. The number of anilines is 2. The zero-order chi connectivity index (χ0) is 16.5. The summed E-state index contributed by atoms with van der Waals surface area (Å²) in [6.07, 6.45) is 6.20. The van der Waals surface area contributed by atoms with Gasteiger partial charge in [0.2, 0.25) is 5.95 Å². The average molecular weight is 359 g/mol. The van der Waals surface area contributed by atoms with Crippen LogP contribution >= 0.6 is 12.4 Å². The monoisotopic (exact) mass is 358 g/mol. The number of fused-ring (bicyclic) bond motifs is 1.